The van der Waals surface area contributed by atoms with Crippen molar-refractivity contribution in [3.05, 3.63) is 0 Å². The molecule has 1 aliphatic carbocycles. The lowest BCUT2D eigenvalue weighted by molar-refractivity contribution is -0.142. The average Bonchev–Trinajstić information content (AvgIpc) is 2.19. The van der Waals surface area contributed by atoms with Crippen LogP contribution in [0.15, 0.2) is 0 Å². The third-order valence-electron chi connectivity index (χ3n) is 3.64. The normalized spacial score (nSPS) is 19.1. The fourth-order valence-electron chi connectivity index (χ4n) is 2.43. The molecule has 0 aliphatic heterocycles. The number of carbonyl (C=O) groups is 2. The monoisotopic (exact) mass is 256 g/mol. The van der Waals surface area contributed by atoms with Crippen molar-refractivity contribution in [2.45, 2.75) is 52.0 Å². The first-order valence-corrected chi connectivity index (χ1v) is 6.60. The van der Waals surface area contributed by atoms with Gasteiger partial charge >= 0.3 is 5.97 Å². The van der Waals surface area contributed by atoms with Crippen molar-refractivity contribution < 1.29 is 14.7 Å². The minimum Gasteiger partial charge on any atom is -0.481 e. The first kappa shape index (κ1) is 15.0. The molecule has 0 spiro atoms. The van der Waals surface area contributed by atoms with Gasteiger partial charge in [0.05, 0.1) is 12.5 Å². The fraction of sp³-hybridized carbons (Fsp3) is 0.846. The number of aliphatic carboxylic acids is 1. The highest BCUT2D eigenvalue weighted by molar-refractivity contribution is 5.81. The molecule has 18 heavy (non-hydrogen) atoms. The van der Waals surface area contributed by atoms with Crippen molar-refractivity contribution in [3.8, 4) is 0 Å². The molecular weight excluding hydrogens is 232 g/mol. The number of hydrogen-bond acceptors (Lipinski definition) is 3. The number of carbonyl (C=O) groups excluding carboxylic acids is 1. The van der Waals surface area contributed by atoms with Crippen molar-refractivity contribution in [2.75, 3.05) is 6.54 Å². The maximum atomic E-state index is 11.8. The molecule has 4 N–H and O–H groups in total. The van der Waals surface area contributed by atoms with Crippen molar-refractivity contribution in [1.82, 2.24) is 5.32 Å². The van der Waals surface area contributed by atoms with Gasteiger partial charge in [0.25, 0.3) is 0 Å². The topological polar surface area (TPSA) is 92.4 Å². The lowest BCUT2D eigenvalue weighted by Gasteiger charge is -2.41. The third-order valence-corrected chi connectivity index (χ3v) is 3.64. The van der Waals surface area contributed by atoms with Crippen LogP contribution in [0.25, 0.3) is 0 Å². The van der Waals surface area contributed by atoms with Gasteiger partial charge in [-0.2, -0.15) is 0 Å². The van der Waals surface area contributed by atoms with E-state index < -0.39 is 12.0 Å². The van der Waals surface area contributed by atoms with E-state index in [1.807, 2.05) is 13.8 Å². The van der Waals surface area contributed by atoms with Gasteiger partial charge in [-0.15, -0.1) is 0 Å². The van der Waals surface area contributed by atoms with Gasteiger partial charge < -0.3 is 16.2 Å². The zero-order valence-corrected chi connectivity index (χ0v) is 11.2. The van der Waals surface area contributed by atoms with Gasteiger partial charge in [0, 0.05) is 6.54 Å². The molecule has 0 aromatic rings. The number of nitrogens with two attached hydrogens (primary N) is 1. The van der Waals surface area contributed by atoms with Crippen LogP contribution in [0.1, 0.15) is 46.0 Å². The lowest BCUT2D eigenvalue weighted by atomic mass is 9.66. The summed E-state index contributed by atoms with van der Waals surface area (Å²) in [4.78, 5) is 22.6. The van der Waals surface area contributed by atoms with Crippen LogP contribution in [0.5, 0.6) is 0 Å². The number of carboxylic acids is 1. The molecular formula is C13H24N2O3. The van der Waals surface area contributed by atoms with E-state index in [4.69, 9.17) is 10.8 Å². The second kappa shape index (κ2) is 6.18. The summed E-state index contributed by atoms with van der Waals surface area (Å²) in [6, 6.07) is -0.494. The molecule has 0 heterocycles. The molecule has 1 fully saturated rings. The molecule has 1 rings (SSSR count). The molecule has 1 amide bonds. The molecule has 0 aromatic carbocycles. The summed E-state index contributed by atoms with van der Waals surface area (Å²) in [6.45, 7) is 4.47. The Bertz CT molecular complexity index is 311. The smallest absolute Gasteiger partial charge is 0.303 e. The van der Waals surface area contributed by atoms with Crippen molar-refractivity contribution in [3.63, 3.8) is 0 Å². The molecule has 5 nitrogen and oxygen atoms in total. The van der Waals surface area contributed by atoms with E-state index in [1.54, 1.807) is 0 Å². The highest BCUT2D eigenvalue weighted by atomic mass is 16.4. The maximum Gasteiger partial charge on any atom is 0.303 e. The van der Waals surface area contributed by atoms with Gasteiger partial charge in [0.15, 0.2) is 0 Å². The van der Waals surface area contributed by atoms with Crippen LogP contribution in [-0.4, -0.2) is 29.6 Å². The lowest BCUT2D eigenvalue weighted by Crippen LogP contribution is -2.48. The summed E-state index contributed by atoms with van der Waals surface area (Å²) < 4.78 is 0. The first-order chi connectivity index (χ1) is 8.34. The van der Waals surface area contributed by atoms with E-state index in [9.17, 15) is 9.59 Å². The molecule has 1 saturated carbocycles. The Morgan fingerprint density at radius 1 is 1.39 bits per heavy atom. The third kappa shape index (κ3) is 4.29. The van der Waals surface area contributed by atoms with E-state index in [0.29, 0.717) is 18.9 Å². The summed E-state index contributed by atoms with van der Waals surface area (Å²) in [5.74, 6) is -0.585. The summed E-state index contributed by atoms with van der Waals surface area (Å²) in [5.41, 5.74) is 5.54. The highest BCUT2D eigenvalue weighted by Gasteiger charge is 2.39. The molecule has 0 unspecified atom stereocenters. The van der Waals surface area contributed by atoms with E-state index in [1.165, 1.54) is 0 Å². The highest BCUT2D eigenvalue weighted by Crippen LogP contribution is 2.43. The second-order valence-corrected chi connectivity index (χ2v) is 5.88. The van der Waals surface area contributed by atoms with E-state index in [2.05, 4.69) is 5.32 Å². The van der Waals surface area contributed by atoms with E-state index in [-0.39, 0.29) is 17.7 Å². The van der Waals surface area contributed by atoms with Gasteiger partial charge in [0.2, 0.25) is 5.91 Å². The average molecular weight is 256 g/mol. The number of rotatable bonds is 7. The standard InChI is InChI=1S/C13H24N2O3/c1-9(2)6-10(14)12(18)15-8-13(4-3-5-13)7-11(16)17/h9-10H,3-8,14H2,1-2H3,(H,15,18)(H,16,17)/t10-/m0/s1. The number of amides is 1. The first-order valence-electron chi connectivity index (χ1n) is 6.60. The Morgan fingerprint density at radius 3 is 2.39 bits per heavy atom. The molecule has 0 bridgehead atoms. The summed E-state index contributed by atoms with van der Waals surface area (Å²) >= 11 is 0. The van der Waals surface area contributed by atoms with E-state index >= 15 is 0 Å². The minimum absolute atomic E-state index is 0.132. The van der Waals surface area contributed by atoms with Crippen LogP contribution in [0.4, 0.5) is 0 Å². The Hall–Kier alpha value is -1.10. The quantitative estimate of drug-likeness (QED) is 0.636. The van der Waals surface area contributed by atoms with Crippen LogP contribution in [-0.2, 0) is 9.59 Å². The van der Waals surface area contributed by atoms with Crippen molar-refractivity contribution in [1.29, 1.82) is 0 Å². The second-order valence-electron chi connectivity index (χ2n) is 5.88. The van der Waals surface area contributed by atoms with Crippen LogP contribution in [0, 0.1) is 11.3 Å². The van der Waals surface area contributed by atoms with Crippen molar-refractivity contribution in [2.24, 2.45) is 17.1 Å². The largest absolute Gasteiger partial charge is 0.481 e. The summed E-state index contributed by atoms with van der Waals surface area (Å²) in [5, 5.41) is 11.7. The molecule has 104 valence electrons. The molecule has 5 heteroatoms. The predicted molar refractivity (Wildman–Crippen MR) is 69.0 cm³/mol. The minimum atomic E-state index is -0.796. The summed E-state index contributed by atoms with van der Waals surface area (Å²) in [6.07, 6.45) is 3.57. The van der Waals surface area contributed by atoms with Gasteiger partial charge in [-0.3, -0.25) is 9.59 Å². The molecule has 0 saturated heterocycles. The number of hydrogen-bond donors (Lipinski definition) is 3. The SMILES string of the molecule is CC(C)C[C@H](N)C(=O)NCC1(CC(=O)O)CCC1. The predicted octanol–water partition coefficient (Wildman–Crippen LogP) is 1.12. The number of nitrogens with one attached hydrogen (secondary N) is 1. The van der Waals surface area contributed by atoms with Crippen LogP contribution >= 0.6 is 0 Å². The van der Waals surface area contributed by atoms with Gasteiger partial charge in [0.1, 0.15) is 0 Å². The van der Waals surface area contributed by atoms with Crippen LogP contribution in [0.2, 0.25) is 0 Å². The van der Waals surface area contributed by atoms with Crippen molar-refractivity contribution >= 4 is 11.9 Å². The van der Waals surface area contributed by atoms with Crippen LogP contribution < -0.4 is 11.1 Å². The zero-order chi connectivity index (χ0) is 13.8. The zero-order valence-electron chi connectivity index (χ0n) is 11.2. The summed E-state index contributed by atoms with van der Waals surface area (Å²) in [7, 11) is 0. The van der Waals surface area contributed by atoms with Gasteiger partial charge in [-0.25, -0.2) is 0 Å². The Balaban J connectivity index is 2.38. The van der Waals surface area contributed by atoms with Gasteiger partial charge in [-0.1, -0.05) is 20.3 Å². The fourth-order valence-corrected chi connectivity index (χ4v) is 2.43. The Labute approximate surface area is 108 Å². The molecule has 0 aromatic heterocycles. The Morgan fingerprint density at radius 2 is 2.00 bits per heavy atom. The van der Waals surface area contributed by atoms with Crippen LogP contribution in [0.3, 0.4) is 0 Å². The van der Waals surface area contributed by atoms with Gasteiger partial charge in [-0.05, 0) is 30.6 Å². The maximum absolute atomic E-state index is 11.8. The van der Waals surface area contributed by atoms with E-state index in [0.717, 1.165) is 19.3 Å². The molecule has 1 aliphatic rings. The molecule has 1 atom stereocenters. The number of carboxylic acid groups (broad SMARTS) is 1. The Kier molecular flexibility index (Phi) is 5.14. The molecule has 0 radical (unpaired) electrons.